The smallest absolute Gasteiger partial charge is 0.231 e. The lowest BCUT2D eigenvalue weighted by molar-refractivity contribution is 0.336. The maximum atomic E-state index is 5.40. The normalized spacial score (nSPS) is 14.3. The fourth-order valence-corrected chi connectivity index (χ4v) is 2.31. The Balaban J connectivity index is 2.34. The van der Waals surface area contributed by atoms with E-state index in [0.29, 0.717) is 11.7 Å². The molecule has 1 heterocycles. The Morgan fingerprint density at radius 3 is 2.35 bits per heavy atom. The molecule has 1 aromatic carbocycles. The van der Waals surface area contributed by atoms with E-state index in [-0.39, 0.29) is 12.0 Å². The number of halogens is 1. The molecule has 0 aliphatic rings. The molecule has 4 nitrogen and oxygen atoms in total. The Kier molecular flexibility index (Phi) is 4.60. The van der Waals surface area contributed by atoms with Crippen molar-refractivity contribution < 1.29 is 4.52 Å². The first-order chi connectivity index (χ1) is 9.43. The summed E-state index contributed by atoms with van der Waals surface area (Å²) in [6, 6.07) is 4.42. The van der Waals surface area contributed by atoms with E-state index in [1.165, 1.54) is 11.1 Å². The SMILES string of the molecule is CNC(C)C(C)c1nc(-c2cc(C)c(Br)c(C)c2)no1. The van der Waals surface area contributed by atoms with Gasteiger partial charge in [0.05, 0.1) is 5.92 Å². The number of rotatable bonds is 4. The number of nitrogens with one attached hydrogen (secondary N) is 1. The second-order valence-corrected chi connectivity index (χ2v) is 6.04. The van der Waals surface area contributed by atoms with Crippen molar-refractivity contribution in [3.05, 3.63) is 33.6 Å². The molecule has 1 aromatic heterocycles. The van der Waals surface area contributed by atoms with Crippen molar-refractivity contribution in [3.63, 3.8) is 0 Å². The average Bonchev–Trinajstić information content (AvgIpc) is 2.92. The van der Waals surface area contributed by atoms with E-state index < -0.39 is 0 Å². The van der Waals surface area contributed by atoms with Gasteiger partial charge in [0.25, 0.3) is 0 Å². The summed E-state index contributed by atoms with van der Waals surface area (Å²) in [6.07, 6.45) is 0. The zero-order chi connectivity index (χ0) is 14.9. The van der Waals surface area contributed by atoms with Gasteiger partial charge in [-0.05, 0) is 51.1 Å². The van der Waals surface area contributed by atoms with E-state index in [4.69, 9.17) is 4.52 Å². The van der Waals surface area contributed by atoms with E-state index >= 15 is 0 Å². The second kappa shape index (κ2) is 6.06. The van der Waals surface area contributed by atoms with Crippen LogP contribution in [0.5, 0.6) is 0 Å². The van der Waals surface area contributed by atoms with Crippen LogP contribution in [0.25, 0.3) is 11.4 Å². The number of nitrogens with zero attached hydrogens (tertiary/aromatic N) is 2. The Labute approximate surface area is 128 Å². The van der Waals surface area contributed by atoms with Gasteiger partial charge in [0.2, 0.25) is 11.7 Å². The Hall–Kier alpha value is -1.20. The molecule has 1 N–H and O–H groups in total. The first-order valence-corrected chi connectivity index (χ1v) is 7.51. The molecule has 0 radical (unpaired) electrons. The number of aryl methyl sites for hydroxylation is 2. The molecule has 0 saturated carbocycles. The van der Waals surface area contributed by atoms with Crippen molar-refractivity contribution in [1.82, 2.24) is 15.5 Å². The van der Waals surface area contributed by atoms with E-state index in [2.05, 4.69) is 71.2 Å². The van der Waals surface area contributed by atoms with Crippen LogP contribution >= 0.6 is 15.9 Å². The van der Waals surface area contributed by atoms with Gasteiger partial charge < -0.3 is 9.84 Å². The van der Waals surface area contributed by atoms with Gasteiger partial charge in [-0.1, -0.05) is 28.0 Å². The minimum atomic E-state index is 0.180. The molecule has 2 rings (SSSR count). The van der Waals surface area contributed by atoms with Gasteiger partial charge in [0, 0.05) is 16.1 Å². The predicted octanol–water partition coefficient (Wildman–Crippen LogP) is 3.83. The van der Waals surface area contributed by atoms with Crippen molar-refractivity contribution >= 4 is 15.9 Å². The molecule has 2 atom stereocenters. The van der Waals surface area contributed by atoms with Crippen LogP contribution in [-0.4, -0.2) is 23.2 Å². The van der Waals surface area contributed by atoms with Crippen LogP contribution in [0.4, 0.5) is 0 Å². The third-order valence-electron chi connectivity index (χ3n) is 3.73. The van der Waals surface area contributed by atoms with Crippen LogP contribution in [-0.2, 0) is 0 Å². The molecule has 20 heavy (non-hydrogen) atoms. The maximum absolute atomic E-state index is 5.40. The summed E-state index contributed by atoms with van der Waals surface area (Å²) in [6.45, 7) is 8.31. The molecule has 0 saturated heterocycles. The summed E-state index contributed by atoms with van der Waals surface area (Å²) in [5, 5.41) is 7.31. The Bertz CT molecular complexity index is 586. The second-order valence-electron chi connectivity index (χ2n) is 5.25. The van der Waals surface area contributed by atoms with E-state index in [1.807, 2.05) is 7.05 Å². The third-order valence-corrected chi connectivity index (χ3v) is 4.98. The Morgan fingerprint density at radius 1 is 1.20 bits per heavy atom. The molecule has 0 spiro atoms. The molecule has 0 aliphatic carbocycles. The number of likely N-dealkylation sites (N-methyl/N-ethyl adjacent to an activating group) is 1. The minimum absolute atomic E-state index is 0.180. The van der Waals surface area contributed by atoms with Crippen LogP contribution < -0.4 is 5.32 Å². The van der Waals surface area contributed by atoms with Gasteiger partial charge in [-0.15, -0.1) is 0 Å². The van der Waals surface area contributed by atoms with Gasteiger partial charge in [0.15, 0.2) is 0 Å². The van der Waals surface area contributed by atoms with Gasteiger partial charge in [-0.2, -0.15) is 4.98 Å². The Morgan fingerprint density at radius 2 is 1.80 bits per heavy atom. The number of aromatic nitrogens is 2. The molecular weight excluding hydrogens is 318 g/mol. The fraction of sp³-hybridized carbons (Fsp3) is 0.467. The van der Waals surface area contributed by atoms with Crippen LogP contribution in [0.1, 0.15) is 36.8 Å². The minimum Gasteiger partial charge on any atom is -0.339 e. The summed E-state index contributed by atoms with van der Waals surface area (Å²) in [5.41, 5.74) is 3.33. The lowest BCUT2D eigenvalue weighted by Crippen LogP contribution is -2.27. The standard InChI is InChI=1S/C15H20BrN3O/c1-8-6-12(7-9(2)13(8)16)14-18-15(20-19-14)10(3)11(4)17-5/h6-7,10-11,17H,1-5H3. The van der Waals surface area contributed by atoms with Crippen LogP contribution in [0.15, 0.2) is 21.1 Å². The summed E-state index contributed by atoms with van der Waals surface area (Å²) in [4.78, 5) is 4.53. The van der Waals surface area contributed by atoms with Crippen LogP contribution in [0.2, 0.25) is 0 Å². The first kappa shape index (κ1) is 15.2. The number of hydrogen-bond donors (Lipinski definition) is 1. The van der Waals surface area contributed by atoms with Crippen molar-refractivity contribution in [2.75, 3.05) is 7.05 Å². The molecule has 0 amide bonds. The lowest BCUT2D eigenvalue weighted by Gasteiger charge is -2.14. The predicted molar refractivity (Wildman–Crippen MR) is 83.8 cm³/mol. The number of hydrogen-bond acceptors (Lipinski definition) is 4. The van der Waals surface area contributed by atoms with E-state index in [1.54, 1.807) is 0 Å². The van der Waals surface area contributed by atoms with Gasteiger partial charge in [-0.25, -0.2) is 0 Å². The third kappa shape index (κ3) is 2.94. The summed E-state index contributed by atoms with van der Waals surface area (Å²) < 4.78 is 6.53. The van der Waals surface area contributed by atoms with Crippen molar-refractivity contribution in [1.29, 1.82) is 0 Å². The summed E-state index contributed by atoms with van der Waals surface area (Å²) >= 11 is 3.57. The topological polar surface area (TPSA) is 51.0 Å². The largest absolute Gasteiger partial charge is 0.339 e. The lowest BCUT2D eigenvalue weighted by atomic mass is 10.0. The average molecular weight is 338 g/mol. The molecule has 0 bridgehead atoms. The van der Waals surface area contributed by atoms with E-state index in [0.717, 1.165) is 10.0 Å². The van der Waals surface area contributed by atoms with Crippen LogP contribution in [0, 0.1) is 13.8 Å². The zero-order valence-electron chi connectivity index (χ0n) is 12.5. The van der Waals surface area contributed by atoms with Crippen LogP contribution in [0.3, 0.4) is 0 Å². The molecule has 0 aliphatic heterocycles. The highest BCUT2D eigenvalue weighted by atomic mass is 79.9. The molecule has 5 heteroatoms. The molecule has 0 fully saturated rings. The monoisotopic (exact) mass is 337 g/mol. The fourth-order valence-electron chi connectivity index (χ4n) is 2.08. The zero-order valence-corrected chi connectivity index (χ0v) is 14.1. The summed E-state index contributed by atoms with van der Waals surface area (Å²) in [7, 11) is 1.93. The molecular formula is C15H20BrN3O. The van der Waals surface area contributed by atoms with E-state index in [9.17, 15) is 0 Å². The first-order valence-electron chi connectivity index (χ1n) is 6.72. The molecule has 108 valence electrons. The van der Waals surface area contributed by atoms with Gasteiger partial charge in [0.1, 0.15) is 0 Å². The molecule has 2 aromatic rings. The molecule has 2 unspecified atom stereocenters. The van der Waals surface area contributed by atoms with Crippen molar-refractivity contribution in [2.45, 2.75) is 39.7 Å². The van der Waals surface area contributed by atoms with Crippen molar-refractivity contribution in [2.24, 2.45) is 0 Å². The van der Waals surface area contributed by atoms with Gasteiger partial charge >= 0.3 is 0 Å². The summed E-state index contributed by atoms with van der Waals surface area (Å²) in [5.74, 6) is 1.49. The highest BCUT2D eigenvalue weighted by molar-refractivity contribution is 9.10. The van der Waals surface area contributed by atoms with Crippen molar-refractivity contribution in [3.8, 4) is 11.4 Å². The maximum Gasteiger partial charge on any atom is 0.231 e. The quantitative estimate of drug-likeness (QED) is 0.921. The highest BCUT2D eigenvalue weighted by Crippen LogP contribution is 2.28. The van der Waals surface area contributed by atoms with Gasteiger partial charge in [-0.3, -0.25) is 0 Å². The highest BCUT2D eigenvalue weighted by Gasteiger charge is 2.20. The number of benzene rings is 1.